The van der Waals surface area contributed by atoms with Gasteiger partial charge in [0.2, 0.25) is 0 Å². The number of nitrogens with zero attached hydrogens (tertiary/aromatic N) is 1. The molecule has 0 amide bonds. The van der Waals surface area contributed by atoms with E-state index < -0.39 is 0 Å². The van der Waals surface area contributed by atoms with Gasteiger partial charge < -0.3 is 19.4 Å². The highest BCUT2D eigenvalue weighted by atomic mass is 35.5. The number of carbonyl (C=O) groups is 1. The third kappa shape index (κ3) is 2.59. The number of furan rings is 1. The van der Waals surface area contributed by atoms with E-state index in [2.05, 4.69) is 10.2 Å². The third-order valence-electron chi connectivity index (χ3n) is 3.41. The Morgan fingerprint density at radius 3 is 2.80 bits per heavy atom. The molecule has 20 heavy (non-hydrogen) atoms. The number of rotatable bonds is 2. The highest BCUT2D eigenvalue weighted by Crippen LogP contribution is 2.30. The molecule has 0 saturated carbocycles. The van der Waals surface area contributed by atoms with Gasteiger partial charge in [0, 0.05) is 31.6 Å². The molecule has 1 saturated heterocycles. The minimum absolute atomic E-state index is 0. The zero-order valence-corrected chi connectivity index (χ0v) is 12.0. The van der Waals surface area contributed by atoms with Crippen LogP contribution in [0, 0.1) is 0 Å². The lowest BCUT2D eigenvalue weighted by atomic mass is 10.1. The number of nitrogens with one attached hydrogen (secondary N) is 1. The molecule has 0 spiro atoms. The summed E-state index contributed by atoms with van der Waals surface area (Å²) in [6.07, 6.45) is 1.65. The number of anilines is 1. The number of hydrogen-bond acceptors (Lipinski definition) is 5. The fourth-order valence-electron chi connectivity index (χ4n) is 2.44. The molecule has 1 aliphatic rings. The topological polar surface area (TPSA) is 54.7 Å². The molecule has 0 aliphatic carbocycles. The molecule has 0 bridgehead atoms. The molecular weight excluding hydrogens is 280 g/mol. The molecule has 5 nitrogen and oxygen atoms in total. The number of carbonyl (C=O) groups excluding carboxylic acids is 1. The smallest absolute Gasteiger partial charge is 0.337 e. The van der Waals surface area contributed by atoms with Crippen molar-refractivity contribution in [2.24, 2.45) is 0 Å². The molecule has 1 aliphatic heterocycles. The average Bonchev–Trinajstić information content (AvgIpc) is 2.94. The Balaban J connectivity index is 0.00000147. The molecule has 0 radical (unpaired) electrons. The van der Waals surface area contributed by atoms with E-state index in [-0.39, 0.29) is 18.4 Å². The summed E-state index contributed by atoms with van der Waals surface area (Å²) >= 11 is 0. The third-order valence-corrected chi connectivity index (χ3v) is 3.41. The van der Waals surface area contributed by atoms with Crippen LogP contribution in [0.5, 0.6) is 0 Å². The molecule has 2 aromatic rings. The number of fused-ring (bicyclic) bond motifs is 1. The van der Waals surface area contributed by atoms with Crippen LogP contribution in [0.2, 0.25) is 0 Å². The summed E-state index contributed by atoms with van der Waals surface area (Å²) in [5.41, 5.74) is 2.35. The first-order chi connectivity index (χ1) is 9.29. The van der Waals surface area contributed by atoms with Gasteiger partial charge in [0.25, 0.3) is 0 Å². The van der Waals surface area contributed by atoms with Crippen molar-refractivity contribution < 1.29 is 13.9 Å². The number of piperazine rings is 1. The molecule has 1 fully saturated rings. The van der Waals surface area contributed by atoms with Crippen molar-refractivity contribution in [3.8, 4) is 0 Å². The Labute approximate surface area is 123 Å². The van der Waals surface area contributed by atoms with E-state index >= 15 is 0 Å². The van der Waals surface area contributed by atoms with E-state index in [1.54, 1.807) is 12.3 Å². The Bertz CT molecular complexity index is 605. The van der Waals surface area contributed by atoms with Gasteiger partial charge in [-0.2, -0.15) is 0 Å². The molecule has 3 rings (SSSR count). The first-order valence-electron chi connectivity index (χ1n) is 6.35. The van der Waals surface area contributed by atoms with E-state index in [4.69, 9.17) is 9.15 Å². The molecule has 1 aromatic carbocycles. The summed E-state index contributed by atoms with van der Waals surface area (Å²) in [4.78, 5) is 14.0. The van der Waals surface area contributed by atoms with E-state index in [9.17, 15) is 4.79 Å². The normalized spacial score (nSPS) is 14.9. The van der Waals surface area contributed by atoms with Crippen LogP contribution in [0.4, 0.5) is 5.69 Å². The lowest BCUT2D eigenvalue weighted by Crippen LogP contribution is -2.43. The fraction of sp³-hybridized carbons (Fsp3) is 0.357. The van der Waals surface area contributed by atoms with E-state index in [0.29, 0.717) is 5.56 Å². The second-order valence-electron chi connectivity index (χ2n) is 4.56. The van der Waals surface area contributed by atoms with Gasteiger partial charge in [0.1, 0.15) is 0 Å². The van der Waals surface area contributed by atoms with Crippen molar-refractivity contribution in [2.45, 2.75) is 0 Å². The Hall–Kier alpha value is -1.72. The van der Waals surface area contributed by atoms with Gasteiger partial charge in [-0.15, -0.1) is 12.4 Å². The van der Waals surface area contributed by atoms with Gasteiger partial charge in [-0.3, -0.25) is 0 Å². The second-order valence-corrected chi connectivity index (χ2v) is 4.56. The maximum Gasteiger partial charge on any atom is 0.337 e. The van der Waals surface area contributed by atoms with Crippen LogP contribution in [-0.4, -0.2) is 39.3 Å². The van der Waals surface area contributed by atoms with Crippen LogP contribution in [0.3, 0.4) is 0 Å². The van der Waals surface area contributed by atoms with Gasteiger partial charge in [-0.25, -0.2) is 4.79 Å². The minimum Gasteiger partial charge on any atom is -0.465 e. The summed E-state index contributed by atoms with van der Waals surface area (Å²) in [6, 6.07) is 5.52. The monoisotopic (exact) mass is 296 g/mol. The average molecular weight is 297 g/mol. The van der Waals surface area contributed by atoms with E-state index in [0.717, 1.165) is 42.8 Å². The second kappa shape index (κ2) is 6.15. The van der Waals surface area contributed by atoms with Crippen molar-refractivity contribution in [2.75, 3.05) is 38.2 Å². The van der Waals surface area contributed by atoms with Crippen LogP contribution in [0.25, 0.3) is 11.0 Å². The molecule has 2 heterocycles. The number of halogens is 1. The summed E-state index contributed by atoms with van der Waals surface area (Å²) in [5.74, 6) is -0.320. The highest BCUT2D eigenvalue weighted by Gasteiger charge is 2.18. The molecule has 6 heteroatoms. The van der Waals surface area contributed by atoms with Crippen LogP contribution >= 0.6 is 12.4 Å². The van der Waals surface area contributed by atoms with E-state index in [1.165, 1.54) is 7.11 Å². The van der Waals surface area contributed by atoms with Crippen molar-refractivity contribution in [3.63, 3.8) is 0 Å². The predicted molar refractivity (Wildman–Crippen MR) is 79.9 cm³/mol. The Morgan fingerprint density at radius 2 is 2.10 bits per heavy atom. The van der Waals surface area contributed by atoms with Crippen LogP contribution in [-0.2, 0) is 4.74 Å². The fourth-order valence-corrected chi connectivity index (χ4v) is 2.44. The quantitative estimate of drug-likeness (QED) is 0.860. The summed E-state index contributed by atoms with van der Waals surface area (Å²) < 4.78 is 10.4. The summed E-state index contributed by atoms with van der Waals surface area (Å²) in [5, 5.41) is 4.24. The van der Waals surface area contributed by atoms with Crippen LogP contribution in [0.1, 0.15) is 10.4 Å². The highest BCUT2D eigenvalue weighted by molar-refractivity contribution is 5.99. The van der Waals surface area contributed by atoms with Crippen LogP contribution in [0.15, 0.2) is 28.9 Å². The summed E-state index contributed by atoms with van der Waals surface area (Å²) in [7, 11) is 1.40. The van der Waals surface area contributed by atoms with Gasteiger partial charge in [0.05, 0.1) is 24.6 Å². The maximum atomic E-state index is 11.7. The van der Waals surface area contributed by atoms with Crippen molar-refractivity contribution in [1.82, 2.24) is 5.32 Å². The van der Waals surface area contributed by atoms with Gasteiger partial charge in [0.15, 0.2) is 5.58 Å². The first kappa shape index (κ1) is 14.7. The number of ether oxygens (including phenoxy) is 1. The molecular formula is C14H17ClN2O3. The molecule has 108 valence electrons. The number of benzene rings is 1. The number of esters is 1. The van der Waals surface area contributed by atoms with Gasteiger partial charge in [-0.05, 0) is 18.2 Å². The lowest BCUT2D eigenvalue weighted by Gasteiger charge is -2.29. The molecule has 0 atom stereocenters. The predicted octanol–water partition coefficient (Wildman–Crippen LogP) is 2.05. The standard InChI is InChI=1S/C14H16N2O3.ClH/c1-18-14(17)11-8-10-2-7-19-13(10)12(9-11)16-5-3-15-4-6-16;/h2,7-9,15H,3-6H2,1H3;1H. The van der Waals surface area contributed by atoms with Crippen molar-refractivity contribution in [1.29, 1.82) is 0 Å². The molecule has 1 N–H and O–H groups in total. The number of hydrogen-bond donors (Lipinski definition) is 1. The van der Waals surface area contributed by atoms with Crippen molar-refractivity contribution >= 4 is 35.0 Å². The number of methoxy groups -OCH3 is 1. The Morgan fingerprint density at radius 1 is 1.35 bits per heavy atom. The summed E-state index contributed by atoms with van der Waals surface area (Å²) in [6.45, 7) is 3.68. The molecule has 1 aromatic heterocycles. The first-order valence-corrected chi connectivity index (χ1v) is 6.35. The maximum absolute atomic E-state index is 11.7. The Kier molecular flexibility index (Phi) is 4.52. The zero-order chi connectivity index (χ0) is 13.2. The lowest BCUT2D eigenvalue weighted by molar-refractivity contribution is 0.0601. The zero-order valence-electron chi connectivity index (χ0n) is 11.2. The largest absolute Gasteiger partial charge is 0.465 e. The van der Waals surface area contributed by atoms with E-state index in [1.807, 2.05) is 12.1 Å². The van der Waals surface area contributed by atoms with Gasteiger partial charge in [-0.1, -0.05) is 0 Å². The SMILES string of the molecule is COC(=O)c1cc(N2CCNCC2)c2occc2c1.Cl. The minimum atomic E-state index is -0.320. The van der Waals surface area contributed by atoms with Gasteiger partial charge >= 0.3 is 5.97 Å². The van der Waals surface area contributed by atoms with Crippen LogP contribution < -0.4 is 10.2 Å². The van der Waals surface area contributed by atoms with Crippen molar-refractivity contribution in [3.05, 3.63) is 30.0 Å². The molecule has 0 unspecified atom stereocenters.